The van der Waals surface area contributed by atoms with E-state index in [4.69, 9.17) is 18.6 Å². The van der Waals surface area contributed by atoms with Gasteiger partial charge in [-0.05, 0) is 32.9 Å². The number of rotatable bonds is 5. The molecule has 3 atom stereocenters. The average molecular weight is 323 g/mol. The summed E-state index contributed by atoms with van der Waals surface area (Å²) in [6, 6.07) is 3.21. The lowest BCUT2D eigenvalue weighted by Gasteiger charge is -2.47. The van der Waals surface area contributed by atoms with Crippen LogP contribution in [-0.4, -0.2) is 48.4 Å². The third-order valence-corrected chi connectivity index (χ3v) is 4.11. The minimum Gasteiger partial charge on any atom is -0.467 e. The summed E-state index contributed by atoms with van der Waals surface area (Å²) in [6.07, 6.45) is 1.19. The number of β-lactam (4-membered cyclic amide) rings is 1. The van der Waals surface area contributed by atoms with Crippen LogP contribution in [0, 0.1) is 5.92 Å². The standard InChI is InChI=1S/C16H21NO6/c1-4-20-12(18)8-17-14(10-6-5-7-21-10)13(15(17)19)11-9-22-16(2,3)23-11/h5-7,11,13-14H,4,8-9H2,1-3H3/t11-,13+,14-/m0/s1. The predicted octanol–water partition coefficient (Wildman–Crippen LogP) is 1.49. The summed E-state index contributed by atoms with van der Waals surface area (Å²) in [5, 5.41) is 0. The van der Waals surface area contributed by atoms with Gasteiger partial charge < -0.3 is 23.5 Å². The summed E-state index contributed by atoms with van der Waals surface area (Å²) in [5.41, 5.74) is 0. The van der Waals surface area contributed by atoms with Gasteiger partial charge in [0, 0.05) is 0 Å². The van der Waals surface area contributed by atoms with Gasteiger partial charge in [0.1, 0.15) is 18.3 Å². The van der Waals surface area contributed by atoms with E-state index >= 15 is 0 Å². The molecule has 7 heteroatoms. The van der Waals surface area contributed by atoms with E-state index in [0.29, 0.717) is 12.4 Å². The fraction of sp³-hybridized carbons (Fsp3) is 0.625. The second kappa shape index (κ2) is 5.98. The van der Waals surface area contributed by atoms with Crippen molar-refractivity contribution in [3.8, 4) is 0 Å². The fourth-order valence-electron chi connectivity index (χ4n) is 3.14. The number of esters is 1. The number of amides is 1. The first kappa shape index (κ1) is 16.0. The normalized spacial score (nSPS) is 29.4. The molecule has 23 heavy (non-hydrogen) atoms. The molecule has 1 aromatic heterocycles. The highest BCUT2D eigenvalue weighted by molar-refractivity contribution is 5.90. The van der Waals surface area contributed by atoms with Crippen molar-refractivity contribution in [3.63, 3.8) is 0 Å². The molecule has 7 nitrogen and oxygen atoms in total. The van der Waals surface area contributed by atoms with Crippen molar-refractivity contribution < 1.29 is 28.2 Å². The van der Waals surface area contributed by atoms with Gasteiger partial charge in [-0.3, -0.25) is 9.59 Å². The Bertz CT molecular complexity index is 581. The smallest absolute Gasteiger partial charge is 0.325 e. The zero-order valence-electron chi connectivity index (χ0n) is 13.5. The summed E-state index contributed by atoms with van der Waals surface area (Å²) in [7, 11) is 0. The van der Waals surface area contributed by atoms with E-state index in [9.17, 15) is 9.59 Å². The van der Waals surface area contributed by atoms with Gasteiger partial charge in [-0.1, -0.05) is 0 Å². The van der Waals surface area contributed by atoms with Gasteiger partial charge in [-0.15, -0.1) is 0 Å². The quantitative estimate of drug-likeness (QED) is 0.603. The van der Waals surface area contributed by atoms with E-state index in [1.54, 1.807) is 25.3 Å². The number of carbonyl (C=O) groups excluding carboxylic acids is 2. The van der Waals surface area contributed by atoms with Crippen molar-refractivity contribution in [2.24, 2.45) is 5.92 Å². The number of furan rings is 1. The Morgan fingerprint density at radius 2 is 2.26 bits per heavy atom. The molecule has 0 aliphatic carbocycles. The second-order valence-corrected chi connectivity index (χ2v) is 6.12. The Balaban J connectivity index is 1.78. The van der Waals surface area contributed by atoms with Gasteiger partial charge in [0.2, 0.25) is 5.91 Å². The van der Waals surface area contributed by atoms with Gasteiger partial charge in [0.15, 0.2) is 5.79 Å². The predicted molar refractivity (Wildman–Crippen MR) is 78.2 cm³/mol. The summed E-state index contributed by atoms with van der Waals surface area (Å²) in [6.45, 7) is 5.89. The lowest BCUT2D eigenvalue weighted by molar-refractivity contribution is -0.184. The van der Waals surface area contributed by atoms with Gasteiger partial charge >= 0.3 is 5.97 Å². The van der Waals surface area contributed by atoms with Crippen LogP contribution in [-0.2, 0) is 23.8 Å². The van der Waals surface area contributed by atoms with Crippen molar-refractivity contribution in [2.75, 3.05) is 19.8 Å². The third-order valence-electron chi connectivity index (χ3n) is 4.11. The largest absolute Gasteiger partial charge is 0.467 e. The fourth-order valence-corrected chi connectivity index (χ4v) is 3.14. The number of hydrogen-bond donors (Lipinski definition) is 0. The van der Waals surface area contributed by atoms with E-state index in [-0.39, 0.29) is 31.2 Å². The summed E-state index contributed by atoms with van der Waals surface area (Å²) in [5.74, 6) is -1.07. The monoisotopic (exact) mass is 323 g/mol. The topological polar surface area (TPSA) is 78.2 Å². The van der Waals surface area contributed by atoms with Crippen LogP contribution in [0.4, 0.5) is 0 Å². The van der Waals surface area contributed by atoms with Crippen LogP contribution in [0.3, 0.4) is 0 Å². The molecule has 0 saturated carbocycles. The molecule has 0 N–H and O–H groups in total. The molecule has 3 rings (SSSR count). The van der Waals surface area contributed by atoms with Crippen molar-refractivity contribution in [3.05, 3.63) is 24.2 Å². The van der Waals surface area contributed by atoms with Crippen LogP contribution < -0.4 is 0 Å². The number of nitrogens with zero attached hydrogens (tertiary/aromatic N) is 1. The Kier molecular flexibility index (Phi) is 4.16. The Hall–Kier alpha value is -1.86. The molecule has 1 aromatic rings. The number of carbonyl (C=O) groups is 2. The number of likely N-dealkylation sites (tertiary alicyclic amines) is 1. The Morgan fingerprint density at radius 3 is 2.83 bits per heavy atom. The van der Waals surface area contributed by atoms with Crippen molar-refractivity contribution in [1.82, 2.24) is 4.90 Å². The van der Waals surface area contributed by atoms with Crippen LogP contribution in [0.2, 0.25) is 0 Å². The van der Waals surface area contributed by atoms with E-state index in [0.717, 1.165) is 0 Å². The lowest BCUT2D eigenvalue weighted by atomic mass is 9.81. The molecule has 2 aliphatic rings. The molecule has 0 bridgehead atoms. The van der Waals surface area contributed by atoms with Crippen LogP contribution in [0.5, 0.6) is 0 Å². The highest BCUT2D eigenvalue weighted by Gasteiger charge is 2.56. The van der Waals surface area contributed by atoms with E-state index in [1.807, 2.05) is 13.8 Å². The highest BCUT2D eigenvalue weighted by atomic mass is 16.7. The summed E-state index contributed by atoms with van der Waals surface area (Å²) in [4.78, 5) is 25.7. The Labute approximate surface area is 134 Å². The van der Waals surface area contributed by atoms with Crippen molar-refractivity contribution >= 4 is 11.9 Å². The molecule has 0 radical (unpaired) electrons. The zero-order chi connectivity index (χ0) is 16.6. The van der Waals surface area contributed by atoms with Crippen LogP contribution in [0.15, 0.2) is 22.8 Å². The van der Waals surface area contributed by atoms with Gasteiger partial charge in [-0.2, -0.15) is 0 Å². The molecule has 0 spiro atoms. The maximum absolute atomic E-state index is 12.5. The van der Waals surface area contributed by atoms with E-state index < -0.39 is 17.7 Å². The minimum atomic E-state index is -0.708. The van der Waals surface area contributed by atoms with Gasteiger partial charge in [-0.25, -0.2) is 0 Å². The maximum atomic E-state index is 12.5. The molecule has 3 heterocycles. The highest BCUT2D eigenvalue weighted by Crippen LogP contribution is 2.45. The lowest BCUT2D eigenvalue weighted by Crippen LogP contribution is -2.60. The molecule has 1 amide bonds. The van der Waals surface area contributed by atoms with Crippen LogP contribution >= 0.6 is 0 Å². The number of hydrogen-bond acceptors (Lipinski definition) is 6. The molecular weight excluding hydrogens is 302 g/mol. The molecule has 2 saturated heterocycles. The summed E-state index contributed by atoms with van der Waals surface area (Å²) < 4.78 is 21.8. The molecule has 126 valence electrons. The molecule has 2 aliphatic heterocycles. The first-order chi connectivity index (χ1) is 10.9. The minimum absolute atomic E-state index is 0.0918. The Morgan fingerprint density at radius 1 is 1.48 bits per heavy atom. The molecule has 0 aromatic carbocycles. The van der Waals surface area contributed by atoms with E-state index in [1.165, 1.54) is 4.90 Å². The zero-order valence-corrected chi connectivity index (χ0v) is 13.5. The second-order valence-electron chi connectivity index (χ2n) is 6.12. The maximum Gasteiger partial charge on any atom is 0.325 e. The van der Waals surface area contributed by atoms with Gasteiger partial charge in [0.25, 0.3) is 0 Å². The average Bonchev–Trinajstić information content (AvgIpc) is 3.11. The summed E-state index contributed by atoms with van der Waals surface area (Å²) >= 11 is 0. The van der Waals surface area contributed by atoms with Crippen molar-refractivity contribution in [2.45, 2.75) is 38.7 Å². The third kappa shape index (κ3) is 2.98. The SMILES string of the molecule is CCOC(=O)CN1C(=O)[C@H]([C@@H]2COC(C)(C)O2)[C@@H]1c1ccco1. The first-order valence-corrected chi connectivity index (χ1v) is 7.74. The number of ether oxygens (including phenoxy) is 3. The van der Waals surface area contributed by atoms with E-state index in [2.05, 4.69) is 0 Å². The van der Waals surface area contributed by atoms with Crippen LogP contribution in [0.1, 0.15) is 32.6 Å². The molecule has 2 fully saturated rings. The van der Waals surface area contributed by atoms with Crippen molar-refractivity contribution in [1.29, 1.82) is 0 Å². The molecular formula is C16H21NO6. The van der Waals surface area contributed by atoms with Crippen LogP contribution in [0.25, 0.3) is 0 Å². The van der Waals surface area contributed by atoms with Gasteiger partial charge in [0.05, 0.1) is 31.5 Å². The molecule has 0 unspecified atom stereocenters. The first-order valence-electron chi connectivity index (χ1n) is 7.74.